The zero-order valence-electron chi connectivity index (χ0n) is 6.87. The van der Waals surface area contributed by atoms with Crippen LogP contribution < -0.4 is 5.73 Å². The standard InChI is InChI=1S/C9H10N2S/c1-6-2-3-8-7(4-6)5-12-9(10)11-8/h2-4H,5H2,1H3,(H2,10,11). The van der Waals surface area contributed by atoms with E-state index in [1.807, 2.05) is 6.07 Å². The molecule has 0 unspecified atom stereocenters. The average molecular weight is 178 g/mol. The van der Waals surface area contributed by atoms with Gasteiger partial charge in [-0.2, -0.15) is 0 Å². The maximum absolute atomic E-state index is 5.60. The number of nitrogens with two attached hydrogens (primary N) is 1. The second-order valence-corrected chi connectivity index (χ2v) is 3.87. The molecule has 3 heteroatoms. The van der Waals surface area contributed by atoms with Gasteiger partial charge in [-0.3, -0.25) is 0 Å². The molecule has 0 aliphatic carbocycles. The Morgan fingerprint density at radius 3 is 3.17 bits per heavy atom. The van der Waals surface area contributed by atoms with E-state index in [0.29, 0.717) is 5.17 Å². The third-order valence-electron chi connectivity index (χ3n) is 1.84. The molecule has 0 atom stereocenters. The van der Waals surface area contributed by atoms with Crippen LogP contribution in [0.1, 0.15) is 11.1 Å². The van der Waals surface area contributed by atoms with Crippen molar-refractivity contribution in [3.63, 3.8) is 0 Å². The average Bonchev–Trinajstić information content (AvgIpc) is 2.05. The lowest BCUT2D eigenvalue weighted by atomic mass is 10.1. The highest BCUT2D eigenvalue weighted by Crippen LogP contribution is 2.29. The molecule has 1 aromatic rings. The van der Waals surface area contributed by atoms with Crippen LogP contribution in [0, 0.1) is 6.92 Å². The molecule has 0 saturated carbocycles. The Balaban J connectivity index is 2.51. The van der Waals surface area contributed by atoms with Crippen molar-refractivity contribution in [1.29, 1.82) is 0 Å². The van der Waals surface area contributed by atoms with Crippen LogP contribution in [0.3, 0.4) is 0 Å². The summed E-state index contributed by atoms with van der Waals surface area (Å²) < 4.78 is 0. The van der Waals surface area contributed by atoms with Crippen molar-refractivity contribution < 1.29 is 0 Å². The monoisotopic (exact) mass is 178 g/mol. The van der Waals surface area contributed by atoms with Gasteiger partial charge in [-0.25, -0.2) is 4.99 Å². The van der Waals surface area contributed by atoms with E-state index >= 15 is 0 Å². The molecule has 0 aromatic heterocycles. The van der Waals surface area contributed by atoms with Crippen LogP contribution in [0.15, 0.2) is 23.2 Å². The number of hydrogen-bond acceptors (Lipinski definition) is 3. The van der Waals surface area contributed by atoms with Gasteiger partial charge in [0, 0.05) is 5.75 Å². The fourth-order valence-corrected chi connectivity index (χ4v) is 1.94. The van der Waals surface area contributed by atoms with Gasteiger partial charge in [-0.05, 0) is 18.6 Å². The quantitative estimate of drug-likeness (QED) is 0.661. The van der Waals surface area contributed by atoms with Crippen molar-refractivity contribution in [2.24, 2.45) is 10.7 Å². The van der Waals surface area contributed by atoms with Gasteiger partial charge >= 0.3 is 0 Å². The van der Waals surface area contributed by atoms with E-state index in [9.17, 15) is 0 Å². The highest BCUT2D eigenvalue weighted by molar-refractivity contribution is 8.13. The van der Waals surface area contributed by atoms with E-state index in [2.05, 4.69) is 24.0 Å². The Hall–Kier alpha value is -0.960. The molecule has 1 aliphatic heterocycles. The summed E-state index contributed by atoms with van der Waals surface area (Å²) in [7, 11) is 0. The predicted octanol–water partition coefficient (Wildman–Crippen LogP) is 2.19. The molecule has 2 N–H and O–H groups in total. The molecule has 2 rings (SSSR count). The molecule has 1 heterocycles. The van der Waals surface area contributed by atoms with E-state index in [-0.39, 0.29) is 0 Å². The third-order valence-corrected chi connectivity index (χ3v) is 2.68. The Morgan fingerprint density at radius 1 is 1.50 bits per heavy atom. The molecular formula is C9H10N2S. The van der Waals surface area contributed by atoms with Crippen LogP contribution >= 0.6 is 11.8 Å². The Bertz CT molecular complexity index is 344. The highest BCUT2D eigenvalue weighted by Gasteiger charge is 2.09. The van der Waals surface area contributed by atoms with Crippen LogP contribution in [0.25, 0.3) is 0 Å². The van der Waals surface area contributed by atoms with Crippen molar-refractivity contribution in [2.45, 2.75) is 12.7 Å². The number of aryl methyl sites for hydroxylation is 1. The van der Waals surface area contributed by atoms with Crippen LogP contribution in [-0.2, 0) is 5.75 Å². The molecule has 0 bridgehead atoms. The van der Waals surface area contributed by atoms with Crippen molar-refractivity contribution in [3.8, 4) is 0 Å². The lowest BCUT2D eigenvalue weighted by molar-refractivity contribution is 1.31. The van der Waals surface area contributed by atoms with Crippen molar-refractivity contribution >= 4 is 22.6 Å². The topological polar surface area (TPSA) is 38.4 Å². The number of rotatable bonds is 0. The van der Waals surface area contributed by atoms with Crippen LogP contribution in [0.2, 0.25) is 0 Å². The number of amidine groups is 1. The molecule has 1 aliphatic rings. The van der Waals surface area contributed by atoms with Crippen LogP contribution in [0.5, 0.6) is 0 Å². The maximum Gasteiger partial charge on any atom is 0.159 e. The van der Waals surface area contributed by atoms with Crippen LogP contribution in [-0.4, -0.2) is 5.17 Å². The minimum absolute atomic E-state index is 0.673. The first-order chi connectivity index (χ1) is 5.75. The molecule has 1 aromatic carbocycles. The zero-order valence-corrected chi connectivity index (χ0v) is 7.69. The fourth-order valence-electron chi connectivity index (χ4n) is 1.24. The first kappa shape index (κ1) is 7.68. The molecule has 0 amide bonds. The van der Waals surface area contributed by atoms with E-state index < -0.39 is 0 Å². The van der Waals surface area contributed by atoms with Crippen molar-refractivity contribution in [2.75, 3.05) is 0 Å². The minimum Gasteiger partial charge on any atom is -0.378 e. The molecule has 12 heavy (non-hydrogen) atoms. The number of benzene rings is 1. The second-order valence-electron chi connectivity index (χ2n) is 2.87. The molecule has 0 fully saturated rings. The molecule has 2 nitrogen and oxygen atoms in total. The molecule has 0 radical (unpaired) electrons. The van der Waals surface area contributed by atoms with Crippen LogP contribution in [0.4, 0.5) is 5.69 Å². The van der Waals surface area contributed by atoms with E-state index in [1.54, 1.807) is 11.8 Å². The summed E-state index contributed by atoms with van der Waals surface area (Å²) in [6.45, 7) is 2.09. The third kappa shape index (κ3) is 1.32. The summed E-state index contributed by atoms with van der Waals surface area (Å²) in [5.41, 5.74) is 9.19. The summed E-state index contributed by atoms with van der Waals surface area (Å²) in [4.78, 5) is 4.24. The summed E-state index contributed by atoms with van der Waals surface area (Å²) >= 11 is 1.60. The van der Waals surface area contributed by atoms with Gasteiger partial charge < -0.3 is 5.73 Å². The minimum atomic E-state index is 0.673. The van der Waals surface area contributed by atoms with Gasteiger partial charge in [0.15, 0.2) is 5.17 Å². The lowest BCUT2D eigenvalue weighted by Crippen LogP contribution is -2.09. The van der Waals surface area contributed by atoms with Gasteiger partial charge in [0.05, 0.1) is 5.69 Å². The highest BCUT2D eigenvalue weighted by atomic mass is 32.2. The number of fused-ring (bicyclic) bond motifs is 1. The first-order valence-corrected chi connectivity index (χ1v) is 4.81. The van der Waals surface area contributed by atoms with Gasteiger partial charge in [0.25, 0.3) is 0 Å². The number of aliphatic imine (C=N–C) groups is 1. The van der Waals surface area contributed by atoms with E-state index in [4.69, 9.17) is 5.73 Å². The van der Waals surface area contributed by atoms with E-state index in [1.165, 1.54) is 11.1 Å². The summed E-state index contributed by atoms with van der Waals surface area (Å²) in [5, 5.41) is 0.673. The summed E-state index contributed by atoms with van der Waals surface area (Å²) in [6.07, 6.45) is 0. The second kappa shape index (κ2) is 2.83. The maximum atomic E-state index is 5.60. The Kier molecular flexibility index (Phi) is 1.81. The number of thioether (sulfide) groups is 1. The first-order valence-electron chi connectivity index (χ1n) is 3.82. The van der Waals surface area contributed by atoms with Gasteiger partial charge in [-0.15, -0.1) is 0 Å². The van der Waals surface area contributed by atoms with E-state index in [0.717, 1.165) is 11.4 Å². The van der Waals surface area contributed by atoms with Gasteiger partial charge in [0.1, 0.15) is 0 Å². The summed E-state index contributed by atoms with van der Waals surface area (Å²) in [6, 6.07) is 6.25. The molecule has 0 saturated heterocycles. The SMILES string of the molecule is Cc1ccc2c(c1)CSC(N)=N2. The lowest BCUT2D eigenvalue weighted by Gasteiger charge is -2.12. The van der Waals surface area contributed by atoms with Crippen molar-refractivity contribution in [1.82, 2.24) is 0 Å². The number of nitrogens with zero attached hydrogens (tertiary/aromatic N) is 1. The fraction of sp³-hybridized carbons (Fsp3) is 0.222. The number of hydrogen-bond donors (Lipinski definition) is 1. The molecule has 62 valence electrons. The Morgan fingerprint density at radius 2 is 2.33 bits per heavy atom. The summed E-state index contributed by atoms with van der Waals surface area (Å²) in [5.74, 6) is 0.951. The largest absolute Gasteiger partial charge is 0.378 e. The van der Waals surface area contributed by atoms with Gasteiger partial charge in [-0.1, -0.05) is 29.5 Å². The smallest absolute Gasteiger partial charge is 0.159 e. The van der Waals surface area contributed by atoms with Gasteiger partial charge in [0.2, 0.25) is 0 Å². The predicted molar refractivity (Wildman–Crippen MR) is 53.8 cm³/mol. The normalized spacial score (nSPS) is 15.2. The van der Waals surface area contributed by atoms with Crippen molar-refractivity contribution in [3.05, 3.63) is 29.3 Å². The zero-order chi connectivity index (χ0) is 8.55. The Labute approximate surface area is 75.9 Å². The molecular weight excluding hydrogens is 168 g/mol. The molecule has 0 spiro atoms.